The van der Waals surface area contributed by atoms with E-state index in [4.69, 9.17) is 0 Å². The maximum absolute atomic E-state index is 14.2. The summed E-state index contributed by atoms with van der Waals surface area (Å²) in [6.45, 7) is 0.734. The number of hydrogen-bond acceptors (Lipinski definition) is 1. The Morgan fingerprint density at radius 3 is 2.55 bits per heavy atom. The summed E-state index contributed by atoms with van der Waals surface area (Å²) in [7, 11) is 1.89. The molecule has 0 saturated carbocycles. The number of fused-ring (bicyclic) bond motifs is 1. The molecule has 0 bridgehead atoms. The van der Waals surface area contributed by atoms with Gasteiger partial charge in [0.15, 0.2) is 0 Å². The van der Waals surface area contributed by atoms with Crippen molar-refractivity contribution < 1.29 is 4.39 Å². The summed E-state index contributed by atoms with van der Waals surface area (Å²) in [4.78, 5) is 0. The smallest absolute Gasteiger partial charge is 0.131 e. The predicted octanol–water partition coefficient (Wildman–Crippen LogP) is 4.37. The van der Waals surface area contributed by atoms with Crippen LogP contribution in [0, 0.1) is 5.82 Å². The van der Waals surface area contributed by atoms with Crippen LogP contribution in [0.15, 0.2) is 60.7 Å². The molecule has 100 valence electrons. The molecule has 0 unspecified atom stereocenters. The van der Waals surface area contributed by atoms with Crippen molar-refractivity contribution in [3.63, 3.8) is 0 Å². The highest BCUT2D eigenvalue weighted by Crippen LogP contribution is 2.31. The van der Waals surface area contributed by atoms with Gasteiger partial charge in [0, 0.05) is 12.1 Å². The maximum Gasteiger partial charge on any atom is 0.131 e. The fourth-order valence-corrected chi connectivity index (χ4v) is 2.55. The quantitative estimate of drug-likeness (QED) is 0.741. The molecule has 0 heterocycles. The van der Waals surface area contributed by atoms with Crippen molar-refractivity contribution in [3.05, 3.63) is 72.0 Å². The van der Waals surface area contributed by atoms with Gasteiger partial charge in [0.05, 0.1) is 0 Å². The zero-order valence-corrected chi connectivity index (χ0v) is 11.4. The number of nitrogens with one attached hydrogen (secondary N) is 1. The topological polar surface area (TPSA) is 12.0 Å². The average Bonchev–Trinajstić information content (AvgIpc) is 2.49. The highest BCUT2D eigenvalue weighted by atomic mass is 19.1. The second-order valence-corrected chi connectivity index (χ2v) is 4.87. The molecule has 3 rings (SSSR count). The van der Waals surface area contributed by atoms with Crippen molar-refractivity contribution >= 4 is 10.8 Å². The van der Waals surface area contributed by atoms with Crippen LogP contribution in [0.2, 0.25) is 0 Å². The predicted molar refractivity (Wildman–Crippen MR) is 82.1 cm³/mol. The molecule has 0 saturated heterocycles. The molecule has 0 aromatic heterocycles. The van der Waals surface area contributed by atoms with Crippen molar-refractivity contribution in [2.24, 2.45) is 0 Å². The lowest BCUT2D eigenvalue weighted by Crippen LogP contribution is -2.05. The van der Waals surface area contributed by atoms with Crippen LogP contribution in [-0.2, 0) is 6.54 Å². The highest BCUT2D eigenvalue weighted by Gasteiger charge is 2.09. The van der Waals surface area contributed by atoms with Crippen LogP contribution >= 0.6 is 0 Å². The largest absolute Gasteiger partial charge is 0.316 e. The van der Waals surface area contributed by atoms with Gasteiger partial charge in [-0.15, -0.1) is 0 Å². The van der Waals surface area contributed by atoms with E-state index < -0.39 is 0 Å². The first-order valence-corrected chi connectivity index (χ1v) is 6.71. The minimum atomic E-state index is -0.179. The van der Waals surface area contributed by atoms with Gasteiger partial charge in [-0.3, -0.25) is 0 Å². The monoisotopic (exact) mass is 265 g/mol. The van der Waals surface area contributed by atoms with Gasteiger partial charge in [0.1, 0.15) is 5.82 Å². The van der Waals surface area contributed by atoms with Gasteiger partial charge in [0.25, 0.3) is 0 Å². The second-order valence-electron chi connectivity index (χ2n) is 4.87. The minimum Gasteiger partial charge on any atom is -0.316 e. The van der Waals surface area contributed by atoms with E-state index in [-0.39, 0.29) is 5.82 Å². The Morgan fingerprint density at radius 1 is 0.900 bits per heavy atom. The van der Waals surface area contributed by atoms with Gasteiger partial charge in [-0.1, -0.05) is 48.5 Å². The Morgan fingerprint density at radius 2 is 1.70 bits per heavy atom. The third-order valence-electron chi connectivity index (χ3n) is 3.49. The summed E-state index contributed by atoms with van der Waals surface area (Å²) < 4.78 is 14.2. The maximum atomic E-state index is 14.2. The first-order valence-electron chi connectivity index (χ1n) is 6.71. The number of benzene rings is 3. The van der Waals surface area contributed by atoms with Crippen LogP contribution in [0.1, 0.15) is 5.56 Å². The zero-order chi connectivity index (χ0) is 13.9. The lowest BCUT2D eigenvalue weighted by molar-refractivity contribution is 0.630. The lowest BCUT2D eigenvalue weighted by atomic mass is 9.96. The van der Waals surface area contributed by atoms with Crippen LogP contribution in [0.3, 0.4) is 0 Å². The molecule has 0 spiro atoms. The molecular weight excluding hydrogens is 249 g/mol. The molecule has 0 fully saturated rings. The van der Waals surface area contributed by atoms with Gasteiger partial charge < -0.3 is 5.32 Å². The van der Waals surface area contributed by atoms with E-state index in [2.05, 4.69) is 5.32 Å². The van der Waals surface area contributed by atoms with Crippen molar-refractivity contribution in [3.8, 4) is 11.1 Å². The van der Waals surface area contributed by atoms with E-state index in [0.717, 1.165) is 28.4 Å². The molecule has 2 heteroatoms. The molecule has 0 amide bonds. The third-order valence-corrected chi connectivity index (χ3v) is 3.49. The van der Waals surface area contributed by atoms with Crippen molar-refractivity contribution in [2.45, 2.75) is 6.54 Å². The van der Waals surface area contributed by atoms with Gasteiger partial charge >= 0.3 is 0 Å². The zero-order valence-electron chi connectivity index (χ0n) is 11.4. The second kappa shape index (κ2) is 5.43. The van der Waals surface area contributed by atoms with E-state index in [1.165, 1.54) is 0 Å². The van der Waals surface area contributed by atoms with E-state index in [0.29, 0.717) is 5.56 Å². The fourth-order valence-electron chi connectivity index (χ4n) is 2.55. The molecule has 20 heavy (non-hydrogen) atoms. The molecule has 3 aromatic carbocycles. The summed E-state index contributed by atoms with van der Waals surface area (Å²) in [6, 6.07) is 19.4. The van der Waals surface area contributed by atoms with Crippen LogP contribution in [-0.4, -0.2) is 7.05 Å². The van der Waals surface area contributed by atoms with Crippen LogP contribution < -0.4 is 5.32 Å². The summed E-state index contributed by atoms with van der Waals surface area (Å²) >= 11 is 0. The lowest BCUT2D eigenvalue weighted by Gasteiger charge is -2.10. The van der Waals surface area contributed by atoms with Crippen molar-refractivity contribution in [1.29, 1.82) is 0 Å². The summed E-state index contributed by atoms with van der Waals surface area (Å²) in [5, 5.41) is 5.30. The number of hydrogen-bond donors (Lipinski definition) is 1. The van der Waals surface area contributed by atoms with Gasteiger partial charge in [-0.25, -0.2) is 4.39 Å². The highest BCUT2D eigenvalue weighted by molar-refractivity contribution is 5.96. The number of rotatable bonds is 3. The summed E-state index contributed by atoms with van der Waals surface area (Å²) in [5.41, 5.74) is 2.69. The molecule has 1 nitrogen and oxygen atoms in total. The van der Waals surface area contributed by atoms with E-state index >= 15 is 0 Å². The first kappa shape index (κ1) is 12.8. The van der Waals surface area contributed by atoms with Crippen molar-refractivity contribution in [1.82, 2.24) is 5.32 Å². The molecule has 0 atom stereocenters. The Kier molecular flexibility index (Phi) is 3.48. The van der Waals surface area contributed by atoms with Crippen LogP contribution in [0.4, 0.5) is 4.39 Å². The van der Waals surface area contributed by atoms with E-state index in [1.807, 2.05) is 61.6 Å². The Hall–Kier alpha value is -2.19. The average molecular weight is 265 g/mol. The first-order chi connectivity index (χ1) is 9.79. The normalized spacial score (nSPS) is 10.9. The van der Waals surface area contributed by atoms with Crippen LogP contribution in [0.25, 0.3) is 21.9 Å². The molecular formula is C18H16FN. The Bertz CT molecular complexity index is 744. The van der Waals surface area contributed by atoms with Gasteiger partial charge in [-0.2, -0.15) is 0 Å². The van der Waals surface area contributed by atoms with Crippen LogP contribution in [0.5, 0.6) is 0 Å². The Labute approximate surface area is 118 Å². The molecule has 0 aliphatic heterocycles. The summed E-state index contributed by atoms with van der Waals surface area (Å²) in [5.74, 6) is -0.179. The SMILES string of the molecule is CNCc1ccc(F)c(-c2cccc3ccccc23)c1. The third kappa shape index (κ3) is 2.30. The van der Waals surface area contributed by atoms with Gasteiger partial charge in [-0.05, 0) is 41.1 Å². The minimum absolute atomic E-state index is 0.179. The Balaban J connectivity index is 2.22. The number of halogens is 1. The van der Waals surface area contributed by atoms with E-state index in [1.54, 1.807) is 6.07 Å². The molecule has 0 radical (unpaired) electrons. The standard InChI is InChI=1S/C18H16FN/c1-20-12-13-9-10-18(19)17(11-13)16-8-4-6-14-5-2-3-7-15(14)16/h2-11,20H,12H2,1H3. The molecule has 0 aliphatic rings. The molecule has 1 N–H and O–H groups in total. The van der Waals surface area contributed by atoms with E-state index in [9.17, 15) is 4.39 Å². The fraction of sp³-hybridized carbons (Fsp3) is 0.111. The van der Waals surface area contributed by atoms with Crippen molar-refractivity contribution in [2.75, 3.05) is 7.05 Å². The summed E-state index contributed by atoms with van der Waals surface area (Å²) in [6.07, 6.45) is 0. The molecule has 0 aliphatic carbocycles. The molecule has 3 aromatic rings. The van der Waals surface area contributed by atoms with Gasteiger partial charge in [0.2, 0.25) is 0 Å².